The molecule has 72 valence electrons. The summed E-state index contributed by atoms with van der Waals surface area (Å²) in [7, 11) is -3.21. The van der Waals surface area contributed by atoms with E-state index in [1.807, 2.05) is 0 Å². The first kappa shape index (κ1) is 11.6. The maximum atomic E-state index is 13.4. The van der Waals surface area contributed by atoms with Gasteiger partial charge < -0.3 is 9.67 Å². The van der Waals surface area contributed by atoms with Gasteiger partial charge in [-0.15, -0.1) is 0 Å². The van der Waals surface area contributed by atoms with Crippen LogP contribution in [0.2, 0.25) is 0 Å². The molecule has 0 spiro atoms. The third-order valence-electron chi connectivity index (χ3n) is 2.18. The van der Waals surface area contributed by atoms with Crippen LogP contribution in [0.15, 0.2) is 0 Å². The molecule has 0 amide bonds. The Bertz CT molecular complexity index is 217. The standard InChI is InChI=1S/C7H14FO3P/c1-4-12(11,5-2)7(3,8)6(9)10/h4-5H2,1-3H3,(H,9,10). The number of alkyl halides is 1. The molecule has 1 N–H and O–H groups in total. The van der Waals surface area contributed by atoms with Crippen molar-refractivity contribution in [3.05, 3.63) is 0 Å². The second-order valence-corrected chi connectivity index (χ2v) is 6.66. The molecule has 0 aromatic carbocycles. The van der Waals surface area contributed by atoms with Crippen molar-refractivity contribution in [3.63, 3.8) is 0 Å². The molecule has 0 fully saturated rings. The van der Waals surface area contributed by atoms with Crippen LogP contribution in [-0.4, -0.2) is 28.8 Å². The van der Waals surface area contributed by atoms with Gasteiger partial charge >= 0.3 is 5.97 Å². The van der Waals surface area contributed by atoms with E-state index < -0.39 is 18.5 Å². The zero-order valence-electron chi connectivity index (χ0n) is 7.50. The number of hydrogen-bond donors (Lipinski definition) is 1. The van der Waals surface area contributed by atoms with Crippen LogP contribution in [0.5, 0.6) is 0 Å². The molecule has 0 rings (SSSR count). The summed E-state index contributed by atoms with van der Waals surface area (Å²) in [5.74, 6) is -1.63. The van der Waals surface area contributed by atoms with Gasteiger partial charge in [0, 0.05) is 12.3 Å². The molecule has 0 aliphatic carbocycles. The molecule has 0 aromatic rings. The van der Waals surface area contributed by atoms with E-state index in [4.69, 9.17) is 5.11 Å². The van der Waals surface area contributed by atoms with Crippen molar-refractivity contribution in [2.75, 3.05) is 12.3 Å². The fraction of sp³-hybridized carbons (Fsp3) is 0.857. The van der Waals surface area contributed by atoms with Crippen molar-refractivity contribution in [2.45, 2.75) is 26.2 Å². The lowest BCUT2D eigenvalue weighted by molar-refractivity contribution is -0.144. The fourth-order valence-corrected chi connectivity index (χ4v) is 2.98. The molecule has 0 bridgehead atoms. The summed E-state index contributed by atoms with van der Waals surface area (Å²) in [5, 5.41) is 5.92. The number of rotatable bonds is 4. The molecule has 0 heterocycles. The van der Waals surface area contributed by atoms with E-state index >= 15 is 0 Å². The number of carboxylic acids is 1. The van der Waals surface area contributed by atoms with Gasteiger partial charge in [0.1, 0.15) is 7.14 Å². The number of carboxylic acid groups (broad SMARTS) is 1. The number of carbonyl (C=O) groups is 1. The van der Waals surface area contributed by atoms with Gasteiger partial charge in [-0.3, -0.25) is 0 Å². The van der Waals surface area contributed by atoms with Crippen LogP contribution in [0.4, 0.5) is 4.39 Å². The Balaban J connectivity index is 4.98. The van der Waals surface area contributed by atoms with Crippen LogP contribution in [0.25, 0.3) is 0 Å². The topological polar surface area (TPSA) is 54.4 Å². The Hall–Kier alpha value is -0.370. The van der Waals surface area contributed by atoms with E-state index in [-0.39, 0.29) is 12.3 Å². The van der Waals surface area contributed by atoms with Gasteiger partial charge in [-0.2, -0.15) is 0 Å². The highest BCUT2D eigenvalue weighted by Crippen LogP contribution is 2.58. The third kappa shape index (κ3) is 1.69. The van der Waals surface area contributed by atoms with Gasteiger partial charge in [-0.1, -0.05) is 13.8 Å². The molecule has 0 aromatic heterocycles. The van der Waals surface area contributed by atoms with E-state index in [1.54, 1.807) is 13.8 Å². The average molecular weight is 196 g/mol. The van der Waals surface area contributed by atoms with Crippen molar-refractivity contribution in [1.29, 1.82) is 0 Å². The van der Waals surface area contributed by atoms with E-state index in [1.165, 1.54) is 0 Å². The van der Waals surface area contributed by atoms with E-state index in [0.29, 0.717) is 0 Å². The van der Waals surface area contributed by atoms with Crippen molar-refractivity contribution in [2.24, 2.45) is 0 Å². The summed E-state index contributed by atoms with van der Waals surface area (Å²) in [4.78, 5) is 10.4. The largest absolute Gasteiger partial charge is 0.479 e. The second-order valence-electron chi connectivity index (χ2n) is 2.78. The van der Waals surface area contributed by atoms with Gasteiger partial charge in [0.25, 0.3) is 5.41 Å². The second kappa shape index (κ2) is 3.56. The highest BCUT2D eigenvalue weighted by Gasteiger charge is 2.48. The summed E-state index contributed by atoms with van der Waals surface area (Å²) in [5.41, 5.74) is 0. The highest BCUT2D eigenvalue weighted by molar-refractivity contribution is 7.66. The normalized spacial score (nSPS) is 17.0. The Morgan fingerprint density at radius 3 is 1.92 bits per heavy atom. The Morgan fingerprint density at radius 1 is 1.50 bits per heavy atom. The van der Waals surface area contributed by atoms with Crippen LogP contribution in [-0.2, 0) is 9.36 Å². The van der Waals surface area contributed by atoms with Crippen molar-refractivity contribution < 1.29 is 18.9 Å². The van der Waals surface area contributed by atoms with Gasteiger partial charge in [0.2, 0.25) is 0 Å². The summed E-state index contributed by atoms with van der Waals surface area (Å²) in [6, 6.07) is 0. The van der Waals surface area contributed by atoms with Crippen LogP contribution >= 0.6 is 7.14 Å². The zero-order valence-corrected chi connectivity index (χ0v) is 8.40. The van der Waals surface area contributed by atoms with Crippen molar-refractivity contribution in [1.82, 2.24) is 0 Å². The lowest BCUT2D eigenvalue weighted by atomic mass is 10.4. The first-order valence-electron chi connectivity index (χ1n) is 3.82. The first-order valence-corrected chi connectivity index (χ1v) is 5.90. The molecule has 0 aliphatic rings. The lowest BCUT2D eigenvalue weighted by Gasteiger charge is -2.24. The Kier molecular flexibility index (Phi) is 3.45. The number of aliphatic carboxylic acids is 1. The fourth-order valence-electron chi connectivity index (χ4n) is 0.992. The maximum Gasteiger partial charge on any atom is 0.348 e. The van der Waals surface area contributed by atoms with Crippen LogP contribution in [0, 0.1) is 0 Å². The highest BCUT2D eigenvalue weighted by atomic mass is 31.2. The van der Waals surface area contributed by atoms with Crippen LogP contribution < -0.4 is 0 Å². The molecular weight excluding hydrogens is 182 g/mol. The average Bonchev–Trinajstić information content (AvgIpc) is 2.02. The first-order chi connectivity index (χ1) is 5.31. The molecule has 12 heavy (non-hydrogen) atoms. The van der Waals surface area contributed by atoms with E-state index in [9.17, 15) is 13.8 Å². The molecule has 0 saturated carbocycles. The quantitative estimate of drug-likeness (QED) is 0.701. The van der Waals surface area contributed by atoms with Gasteiger partial charge in [0.15, 0.2) is 0 Å². The van der Waals surface area contributed by atoms with E-state index in [2.05, 4.69) is 0 Å². The Morgan fingerprint density at radius 2 is 1.83 bits per heavy atom. The smallest absolute Gasteiger partial charge is 0.348 e. The molecule has 1 atom stereocenters. The minimum absolute atomic E-state index is 0.0861. The number of halogens is 1. The third-order valence-corrected chi connectivity index (χ3v) is 5.94. The van der Waals surface area contributed by atoms with E-state index in [0.717, 1.165) is 6.92 Å². The predicted molar refractivity (Wildman–Crippen MR) is 45.8 cm³/mol. The molecule has 5 heteroatoms. The lowest BCUT2D eigenvalue weighted by Crippen LogP contribution is -2.31. The van der Waals surface area contributed by atoms with Crippen molar-refractivity contribution in [3.8, 4) is 0 Å². The summed E-state index contributed by atoms with van der Waals surface area (Å²) in [6.07, 6.45) is 0.172. The SMILES string of the molecule is CCP(=O)(CC)C(C)(F)C(=O)O. The molecule has 0 radical (unpaired) electrons. The summed E-state index contributed by atoms with van der Waals surface area (Å²) < 4.78 is 25.1. The predicted octanol–water partition coefficient (Wildman–Crippen LogP) is 2.16. The maximum absolute atomic E-state index is 13.4. The molecule has 0 aliphatic heterocycles. The van der Waals surface area contributed by atoms with Gasteiger partial charge in [0.05, 0.1) is 0 Å². The van der Waals surface area contributed by atoms with Crippen LogP contribution in [0.3, 0.4) is 0 Å². The van der Waals surface area contributed by atoms with Gasteiger partial charge in [-0.25, -0.2) is 9.18 Å². The zero-order chi connectivity index (χ0) is 9.99. The molecule has 1 unspecified atom stereocenters. The minimum Gasteiger partial charge on any atom is -0.479 e. The molecule has 3 nitrogen and oxygen atoms in total. The summed E-state index contributed by atoms with van der Waals surface area (Å²) >= 11 is 0. The minimum atomic E-state index is -3.21. The molecular formula is C7H14FO3P. The molecule has 0 saturated heterocycles. The summed E-state index contributed by atoms with van der Waals surface area (Å²) in [6.45, 7) is 3.97. The Labute approximate surface area is 71.3 Å². The number of hydrogen-bond acceptors (Lipinski definition) is 2. The monoisotopic (exact) mass is 196 g/mol. The van der Waals surface area contributed by atoms with Crippen LogP contribution in [0.1, 0.15) is 20.8 Å². The van der Waals surface area contributed by atoms with Gasteiger partial charge in [-0.05, 0) is 6.92 Å². The van der Waals surface area contributed by atoms with Crippen molar-refractivity contribution >= 4 is 13.1 Å².